The van der Waals surface area contributed by atoms with Crippen molar-refractivity contribution in [3.05, 3.63) is 29.3 Å². The number of hydrogen-bond donors (Lipinski definition) is 2. The van der Waals surface area contributed by atoms with Crippen molar-refractivity contribution in [3.63, 3.8) is 0 Å². The van der Waals surface area contributed by atoms with Crippen LogP contribution < -0.4 is 4.90 Å². The fraction of sp³-hybridized carbons (Fsp3) is 0.250. The molecule has 1 aliphatic rings. The lowest BCUT2D eigenvalue weighted by Crippen LogP contribution is -2.25. The summed E-state index contributed by atoms with van der Waals surface area (Å²) < 4.78 is 0. The first-order valence-corrected chi connectivity index (χ1v) is 5.88. The van der Waals surface area contributed by atoms with Crippen LogP contribution in [0.3, 0.4) is 0 Å². The zero-order chi connectivity index (χ0) is 14.2. The lowest BCUT2D eigenvalue weighted by atomic mass is 10.1. The second kappa shape index (κ2) is 4.89. The molecule has 1 aromatic carbocycles. The molecule has 0 bridgehead atoms. The van der Waals surface area contributed by atoms with Crippen molar-refractivity contribution in [2.24, 2.45) is 0 Å². The van der Waals surface area contributed by atoms with Crippen LogP contribution in [0, 0.1) is 0 Å². The third-order valence-electron chi connectivity index (χ3n) is 2.80. The van der Waals surface area contributed by atoms with Crippen LogP contribution in [0.25, 0.3) is 0 Å². The van der Waals surface area contributed by atoms with Gasteiger partial charge in [-0.1, -0.05) is 0 Å². The fourth-order valence-corrected chi connectivity index (χ4v) is 2.20. The molecule has 2 N–H and O–H groups in total. The lowest BCUT2D eigenvalue weighted by Gasteiger charge is -2.17. The Balaban J connectivity index is 2.48. The minimum atomic E-state index is -1.25. The van der Waals surface area contributed by atoms with E-state index in [0.29, 0.717) is 0 Å². The van der Waals surface area contributed by atoms with Crippen molar-refractivity contribution in [1.29, 1.82) is 0 Å². The van der Waals surface area contributed by atoms with Gasteiger partial charge in [-0.05, 0) is 18.2 Å². The van der Waals surface area contributed by atoms with Gasteiger partial charge in [-0.15, -0.1) is 11.6 Å². The topological polar surface area (TPSA) is 94.9 Å². The number of aromatic carboxylic acids is 2. The van der Waals surface area contributed by atoms with E-state index in [2.05, 4.69) is 0 Å². The summed E-state index contributed by atoms with van der Waals surface area (Å²) in [6.45, 7) is 0.239. The molecular formula is C12H10ClNO5. The zero-order valence-corrected chi connectivity index (χ0v) is 10.4. The molecule has 19 heavy (non-hydrogen) atoms. The van der Waals surface area contributed by atoms with E-state index in [4.69, 9.17) is 21.8 Å². The third kappa shape index (κ3) is 2.68. The fourth-order valence-electron chi connectivity index (χ4n) is 1.93. The van der Waals surface area contributed by atoms with Crippen LogP contribution in [0.4, 0.5) is 5.69 Å². The second-order valence-electron chi connectivity index (χ2n) is 4.18. The van der Waals surface area contributed by atoms with Crippen LogP contribution in [0.15, 0.2) is 18.2 Å². The number of anilines is 1. The van der Waals surface area contributed by atoms with E-state index in [1.54, 1.807) is 0 Å². The van der Waals surface area contributed by atoms with E-state index in [0.717, 1.165) is 6.07 Å². The summed E-state index contributed by atoms with van der Waals surface area (Å²) in [5, 5.41) is 17.6. The number of halogens is 1. The lowest BCUT2D eigenvalue weighted by molar-refractivity contribution is -0.117. The highest BCUT2D eigenvalue weighted by molar-refractivity contribution is 6.24. The molecular weight excluding hydrogens is 274 g/mol. The van der Waals surface area contributed by atoms with Gasteiger partial charge in [0.25, 0.3) is 0 Å². The number of carboxylic acids is 2. The highest BCUT2D eigenvalue weighted by Gasteiger charge is 2.30. The van der Waals surface area contributed by atoms with Gasteiger partial charge in [-0.25, -0.2) is 9.59 Å². The molecule has 1 aromatic rings. The van der Waals surface area contributed by atoms with Gasteiger partial charge in [-0.3, -0.25) is 4.79 Å². The van der Waals surface area contributed by atoms with E-state index < -0.39 is 11.9 Å². The van der Waals surface area contributed by atoms with Gasteiger partial charge in [-0.2, -0.15) is 0 Å². The summed E-state index contributed by atoms with van der Waals surface area (Å²) in [5.74, 6) is -2.75. The van der Waals surface area contributed by atoms with Gasteiger partial charge >= 0.3 is 11.9 Å². The Bertz CT molecular complexity index is 539. The molecule has 1 heterocycles. The molecule has 0 aromatic heterocycles. The Morgan fingerprint density at radius 1 is 1.16 bits per heavy atom. The van der Waals surface area contributed by atoms with Gasteiger partial charge < -0.3 is 15.1 Å². The largest absolute Gasteiger partial charge is 0.478 e. The Morgan fingerprint density at radius 3 is 2.05 bits per heavy atom. The van der Waals surface area contributed by atoms with Gasteiger partial charge in [0.2, 0.25) is 5.91 Å². The summed E-state index contributed by atoms with van der Waals surface area (Å²) in [7, 11) is 0. The molecule has 1 fully saturated rings. The first-order valence-electron chi connectivity index (χ1n) is 5.44. The molecule has 2 rings (SSSR count). The average molecular weight is 284 g/mol. The molecule has 1 saturated heterocycles. The predicted octanol–water partition coefficient (Wildman–Crippen LogP) is 1.43. The maximum atomic E-state index is 11.7. The van der Waals surface area contributed by atoms with Crippen LogP contribution in [0.2, 0.25) is 0 Å². The standard InChI is InChI=1S/C12H10ClNO5/c13-8-4-10(15)14(5-8)9-2-6(11(16)17)1-7(3-9)12(18)19/h1-3,8H,4-5H2,(H,16,17)(H,18,19). The van der Waals surface area contributed by atoms with Gasteiger partial charge in [0, 0.05) is 18.7 Å². The van der Waals surface area contributed by atoms with Crippen molar-refractivity contribution >= 4 is 35.1 Å². The summed E-state index contributed by atoms with van der Waals surface area (Å²) >= 11 is 5.86. The highest BCUT2D eigenvalue weighted by atomic mass is 35.5. The van der Waals surface area contributed by atoms with Crippen LogP contribution in [0.1, 0.15) is 27.1 Å². The molecule has 7 heteroatoms. The SMILES string of the molecule is O=C(O)c1cc(C(=O)O)cc(N2CC(Cl)CC2=O)c1. The third-order valence-corrected chi connectivity index (χ3v) is 3.09. The highest BCUT2D eigenvalue weighted by Crippen LogP contribution is 2.26. The van der Waals surface area contributed by atoms with Gasteiger partial charge in [0.05, 0.1) is 16.5 Å². The molecule has 1 aliphatic heterocycles. The molecule has 100 valence electrons. The number of carboxylic acid groups (broad SMARTS) is 2. The number of benzene rings is 1. The van der Waals surface area contributed by atoms with E-state index in [1.165, 1.54) is 17.0 Å². The Hall–Kier alpha value is -2.08. The van der Waals surface area contributed by atoms with Crippen molar-refractivity contribution in [3.8, 4) is 0 Å². The van der Waals surface area contributed by atoms with Crippen molar-refractivity contribution < 1.29 is 24.6 Å². The smallest absolute Gasteiger partial charge is 0.335 e. The Kier molecular flexibility index (Phi) is 3.44. The maximum absolute atomic E-state index is 11.7. The van der Waals surface area contributed by atoms with Gasteiger partial charge in [0.15, 0.2) is 0 Å². The van der Waals surface area contributed by atoms with E-state index >= 15 is 0 Å². The number of hydrogen-bond acceptors (Lipinski definition) is 3. The maximum Gasteiger partial charge on any atom is 0.335 e. The van der Waals surface area contributed by atoms with Crippen LogP contribution >= 0.6 is 11.6 Å². The second-order valence-corrected chi connectivity index (χ2v) is 4.80. The predicted molar refractivity (Wildman–Crippen MR) is 67.0 cm³/mol. The molecule has 0 spiro atoms. The van der Waals surface area contributed by atoms with Crippen LogP contribution in [-0.2, 0) is 4.79 Å². The van der Waals surface area contributed by atoms with E-state index in [1.807, 2.05) is 0 Å². The average Bonchev–Trinajstić information content (AvgIpc) is 2.67. The van der Waals surface area contributed by atoms with Crippen molar-refractivity contribution in [2.45, 2.75) is 11.8 Å². The molecule has 0 aliphatic carbocycles. The molecule has 1 amide bonds. The molecule has 6 nitrogen and oxygen atoms in total. The van der Waals surface area contributed by atoms with Crippen LogP contribution in [0.5, 0.6) is 0 Å². The molecule has 1 unspecified atom stereocenters. The monoisotopic (exact) mass is 283 g/mol. The minimum absolute atomic E-state index is 0.154. The Labute approximate surface area is 113 Å². The normalized spacial score (nSPS) is 18.7. The van der Waals surface area contributed by atoms with Crippen molar-refractivity contribution in [1.82, 2.24) is 0 Å². The Morgan fingerprint density at radius 2 is 1.68 bits per heavy atom. The number of carbonyl (C=O) groups is 3. The zero-order valence-electron chi connectivity index (χ0n) is 9.67. The quantitative estimate of drug-likeness (QED) is 0.818. The molecule has 0 saturated carbocycles. The number of alkyl halides is 1. The van der Waals surface area contributed by atoms with E-state index in [9.17, 15) is 14.4 Å². The number of carbonyl (C=O) groups excluding carboxylic acids is 1. The molecule has 1 atom stereocenters. The van der Waals surface area contributed by atoms with Crippen molar-refractivity contribution in [2.75, 3.05) is 11.4 Å². The molecule has 0 radical (unpaired) electrons. The number of nitrogens with zero attached hydrogens (tertiary/aromatic N) is 1. The summed E-state index contributed by atoms with van der Waals surface area (Å²) in [4.78, 5) is 34.9. The number of rotatable bonds is 3. The first-order chi connectivity index (χ1) is 8.88. The van der Waals surface area contributed by atoms with Gasteiger partial charge in [0.1, 0.15) is 0 Å². The first kappa shape index (κ1) is 13.4. The minimum Gasteiger partial charge on any atom is -0.478 e. The summed E-state index contributed by atoms with van der Waals surface area (Å²) in [6.07, 6.45) is 0.154. The van der Waals surface area contributed by atoms with E-state index in [-0.39, 0.29) is 41.1 Å². The summed E-state index contributed by atoms with van der Waals surface area (Å²) in [6, 6.07) is 3.58. The summed E-state index contributed by atoms with van der Waals surface area (Å²) in [5.41, 5.74) is -0.119. The van der Waals surface area contributed by atoms with Crippen LogP contribution in [-0.4, -0.2) is 40.0 Å². The number of amides is 1.